The first-order chi connectivity index (χ1) is 20.9. The molecule has 1 heterocycles. The molecule has 0 fully saturated rings. The summed E-state index contributed by atoms with van der Waals surface area (Å²) in [6.07, 6.45) is 1.83. The lowest BCUT2D eigenvalue weighted by atomic mass is 10.1. The normalized spacial score (nSPS) is 14.3. The summed E-state index contributed by atoms with van der Waals surface area (Å²) in [5.74, 6) is 3.65. The molecular formula is C33H42N2O7S. The molecule has 0 aromatic heterocycles. The van der Waals surface area contributed by atoms with Gasteiger partial charge < -0.3 is 38.2 Å². The Balaban J connectivity index is 1.30. The van der Waals surface area contributed by atoms with Crippen LogP contribution in [0.3, 0.4) is 0 Å². The Kier molecular flexibility index (Phi) is 11.7. The largest absolute Gasteiger partial charge is 0.497 e. The van der Waals surface area contributed by atoms with E-state index in [9.17, 15) is 4.79 Å². The summed E-state index contributed by atoms with van der Waals surface area (Å²) in [6, 6.07) is 17.3. The third kappa shape index (κ3) is 7.61. The summed E-state index contributed by atoms with van der Waals surface area (Å²) >= 11 is 1.56. The number of hydrogen-bond acceptors (Lipinski definition) is 9. The van der Waals surface area contributed by atoms with Gasteiger partial charge in [-0.05, 0) is 62.3 Å². The Hall–Kier alpha value is -3.76. The molecule has 0 N–H and O–H groups in total. The van der Waals surface area contributed by atoms with Crippen molar-refractivity contribution in [2.75, 3.05) is 73.2 Å². The zero-order chi connectivity index (χ0) is 30.8. The second kappa shape index (κ2) is 15.6. The van der Waals surface area contributed by atoms with Crippen molar-refractivity contribution in [3.8, 4) is 34.5 Å². The minimum absolute atomic E-state index is 0.0326. The molecule has 4 rings (SSSR count). The van der Waals surface area contributed by atoms with Crippen LogP contribution < -0.4 is 33.3 Å². The van der Waals surface area contributed by atoms with Crippen molar-refractivity contribution >= 4 is 23.4 Å². The van der Waals surface area contributed by atoms with Crippen LogP contribution in [0.5, 0.6) is 34.5 Å². The number of hydrogen-bond donors (Lipinski definition) is 0. The molecule has 0 radical (unpaired) electrons. The lowest BCUT2D eigenvalue weighted by Crippen LogP contribution is -2.33. The maximum atomic E-state index is 13.3. The van der Waals surface area contributed by atoms with E-state index in [1.807, 2.05) is 55.6 Å². The van der Waals surface area contributed by atoms with Gasteiger partial charge in [0.05, 0.1) is 40.7 Å². The highest BCUT2D eigenvalue weighted by atomic mass is 32.2. The van der Waals surface area contributed by atoms with Crippen molar-refractivity contribution in [1.82, 2.24) is 4.90 Å². The summed E-state index contributed by atoms with van der Waals surface area (Å²) in [4.78, 5) is 18.5. The highest BCUT2D eigenvalue weighted by molar-refractivity contribution is 8.00. The van der Waals surface area contributed by atoms with Gasteiger partial charge in [-0.25, -0.2) is 0 Å². The van der Waals surface area contributed by atoms with Crippen LogP contribution in [0.25, 0.3) is 0 Å². The van der Waals surface area contributed by atoms with Gasteiger partial charge in [0.2, 0.25) is 17.4 Å². The van der Waals surface area contributed by atoms with E-state index < -0.39 is 0 Å². The Morgan fingerprint density at radius 3 is 2.23 bits per heavy atom. The van der Waals surface area contributed by atoms with Crippen molar-refractivity contribution in [3.05, 3.63) is 60.2 Å². The number of unbranched alkanes of at least 4 members (excludes halogenated alkanes) is 1. The van der Waals surface area contributed by atoms with E-state index in [-0.39, 0.29) is 11.2 Å². The smallest absolute Gasteiger partial charge is 0.244 e. The van der Waals surface area contributed by atoms with E-state index in [2.05, 4.69) is 17.9 Å². The second-order valence-corrected chi connectivity index (χ2v) is 11.1. The Morgan fingerprint density at radius 1 is 0.791 bits per heavy atom. The molecule has 10 heteroatoms. The molecule has 0 spiro atoms. The lowest BCUT2D eigenvalue weighted by molar-refractivity contribution is -0.118. The van der Waals surface area contributed by atoms with Gasteiger partial charge in [-0.15, -0.1) is 11.8 Å². The molecule has 1 aliphatic heterocycles. The van der Waals surface area contributed by atoms with Crippen molar-refractivity contribution < 1.29 is 33.2 Å². The summed E-state index contributed by atoms with van der Waals surface area (Å²) in [7, 11) is 8.21. The minimum Gasteiger partial charge on any atom is -0.497 e. The zero-order valence-corrected chi connectivity index (χ0v) is 26.7. The molecule has 3 aromatic rings. The van der Waals surface area contributed by atoms with Crippen LogP contribution in [0.1, 0.15) is 30.6 Å². The van der Waals surface area contributed by atoms with Crippen LogP contribution >= 0.6 is 11.8 Å². The van der Waals surface area contributed by atoms with Crippen LogP contribution in [-0.4, -0.2) is 79.1 Å². The molecule has 1 unspecified atom stereocenters. The Labute approximate surface area is 258 Å². The number of likely N-dealkylation sites (N-methyl/N-ethyl adjacent to an activating group) is 2. The number of carbonyl (C=O) groups excluding carboxylic acids is 1. The van der Waals surface area contributed by atoms with Crippen LogP contribution in [0.2, 0.25) is 0 Å². The quantitative estimate of drug-likeness (QED) is 0.179. The number of thioether (sulfide) groups is 1. The molecule has 0 aliphatic carbocycles. The molecule has 0 bridgehead atoms. The predicted molar refractivity (Wildman–Crippen MR) is 170 cm³/mol. The summed E-state index contributed by atoms with van der Waals surface area (Å²) < 4.78 is 34.1. The molecule has 1 aliphatic rings. The number of para-hydroxylation sites is 1. The number of nitrogens with zero attached hydrogens (tertiary/aromatic N) is 2. The monoisotopic (exact) mass is 610 g/mol. The molecule has 0 saturated heterocycles. The fourth-order valence-electron chi connectivity index (χ4n) is 5.01. The van der Waals surface area contributed by atoms with E-state index >= 15 is 0 Å². The fraction of sp³-hybridized carbons (Fsp3) is 0.424. The van der Waals surface area contributed by atoms with Crippen molar-refractivity contribution in [2.24, 2.45) is 0 Å². The van der Waals surface area contributed by atoms with Crippen LogP contribution in [0.15, 0.2) is 59.5 Å². The molecule has 43 heavy (non-hydrogen) atoms. The average molecular weight is 611 g/mol. The topological polar surface area (TPSA) is 78.9 Å². The van der Waals surface area contributed by atoms with E-state index in [4.69, 9.17) is 28.4 Å². The first-order valence-electron chi connectivity index (χ1n) is 14.4. The van der Waals surface area contributed by atoms with Gasteiger partial charge >= 0.3 is 0 Å². The number of methoxy groups -OCH3 is 4. The van der Waals surface area contributed by atoms with Crippen molar-refractivity contribution in [2.45, 2.75) is 29.9 Å². The number of fused-ring (bicyclic) bond motifs is 1. The van der Waals surface area contributed by atoms with Gasteiger partial charge in [0.25, 0.3) is 0 Å². The van der Waals surface area contributed by atoms with Gasteiger partial charge in [-0.2, -0.15) is 0 Å². The number of ether oxygens (including phenoxy) is 6. The zero-order valence-electron chi connectivity index (χ0n) is 25.9. The first kappa shape index (κ1) is 32.2. The SMILES string of the molecule is CCN(CCCCOc1cc(OC)ccc1C1Sc2ccccc2N(C)C1=O)CCOc1ccc(OC)c(OC)c1OC. The number of anilines is 1. The highest BCUT2D eigenvalue weighted by Crippen LogP contribution is 2.48. The number of rotatable bonds is 16. The van der Waals surface area contributed by atoms with Crippen molar-refractivity contribution in [1.29, 1.82) is 0 Å². The van der Waals surface area contributed by atoms with Crippen molar-refractivity contribution in [3.63, 3.8) is 0 Å². The predicted octanol–water partition coefficient (Wildman–Crippen LogP) is 6.09. The van der Waals surface area contributed by atoms with Gasteiger partial charge in [0.15, 0.2) is 11.5 Å². The van der Waals surface area contributed by atoms with Gasteiger partial charge in [0, 0.05) is 30.1 Å². The maximum Gasteiger partial charge on any atom is 0.244 e. The lowest BCUT2D eigenvalue weighted by Gasteiger charge is -2.32. The van der Waals surface area contributed by atoms with Gasteiger partial charge in [-0.3, -0.25) is 4.79 Å². The third-order valence-corrected chi connectivity index (χ3v) is 8.73. The van der Waals surface area contributed by atoms with Crippen LogP contribution in [0.4, 0.5) is 5.69 Å². The fourth-order valence-corrected chi connectivity index (χ4v) is 6.32. The van der Waals surface area contributed by atoms with E-state index in [1.165, 1.54) is 0 Å². The molecule has 232 valence electrons. The van der Waals surface area contributed by atoms with Crippen LogP contribution in [-0.2, 0) is 4.79 Å². The minimum atomic E-state index is -0.388. The standard InChI is InChI=1S/C33H42N2O7S/c1-7-35(19-21-42-27-17-16-26(38-4)30(39-5)31(27)40-6)18-10-11-20-41-28-22-23(37-3)14-15-24(28)32-33(36)34(2)25-12-8-9-13-29(25)43-32/h8-9,12-17,22,32H,7,10-11,18-21H2,1-6H3. The molecule has 1 atom stereocenters. The first-order valence-corrected chi connectivity index (χ1v) is 15.3. The second-order valence-electron chi connectivity index (χ2n) is 9.94. The third-order valence-electron chi connectivity index (χ3n) is 7.44. The molecular weight excluding hydrogens is 568 g/mol. The maximum absolute atomic E-state index is 13.3. The van der Waals surface area contributed by atoms with Gasteiger partial charge in [0.1, 0.15) is 23.4 Å². The summed E-state index contributed by atoms with van der Waals surface area (Å²) in [5.41, 5.74) is 1.79. The van der Waals surface area contributed by atoms with Crippen LogP contribution in [0, 0.1) is 0 Å². The van der Waals surface area contributed by atoms with E-state index in [0.29, 0.717) is 47.7 Å². The molecule has 0 saturated carbocycles. The Bertz CT molecular complexity index is 1370. The van der Waals surface area contributed by atoms with Gasteiger partial charge in [-0.1, -0.05) is 19.1 Å². The number of benzene rings is 3. The number of carbonyl (C=O) groups is 1. The van der Waals surface area contributed by atoms with E-state index in [0.717, 1.165) is 48.6 Å². The number of amides is 1. The molecule has 1 amide bonds. The molecule has 9 nitrogen and oxygen atoms in total. The average Bonchev–Trinajstić information content (AvgIpc) is 3.04. The Morgan fingerprint density at radius 2 is 1.51 bits per heavy atom. The highest BCUT2D eigenvalue weighted by Gasteiger charge is 2.34. The summed E-state index contributed by atoms with van der Waals surface area (Å²) in [5, 5.41) is -0.388. The molecule has 3 aromatic carbocycles. The summed E-state index contributed by atoms with van der Waals surface area (Å²) in [6.45, 7) is 5.77. The van der Waals surface area contributed by atoms with E-state index in [1.54, 1.807) is 45.1 Å².